The molecule has 2 aromatic rings. The zero-order chi connectivity index (χ0) is 16.3. The summed E-state index contributed by atoms with van der Waals surface area (Å²) in [6.07, 6.45) is 0.991. The highest BCUT2D eigenvalue weighted by Crippen LogP contribution is 2.24. The lowest BCUT2D eigenvalue weighted by molar-refractivity contribution is 0.0602. The van der Waals surface area contributed by atoms with Crippen molar-refractivity contribution in [3.63, 3.8) is 0 Å². The van der Waals surface area contributed by atoms with Crippen LogP contribution in [0.15, 0.2) is 30.5 Å². The Hall–Kier alpha value is -2.63. The minimum absolute atomic E-state index is 0.222. The first kappa shape index (κ1) is 15.8. The van der Waals surface area contributed by atoms with Crippen molar-refractivity contribution >= 4 is 28.7 Å². The molecule has 22 heavy (non-hydrogen) atoms. The molecule has 0 spiro atoms. The van der Waals surface area contributed by atoms with E-state index in [1.54, 1.807) is 45.2 Å². The molecule has 6 nitrogen and oxygen atoms in total. The number of methoxy groups -OCH3 is 1. The Kier molecular flexibility index (Phi) is 4.30. The SMILES string of the molecule is COC(=O)c1cc2ncccc2cc1NC(=O)OC(C)(C)C. The average molecular weight is 302 g/mol. The van der Waals surface area contributed by atoms with E-state index in [0.717, 1.165) is 5.39 Å². The molecule has 0 saturated carbocycles. The Morgan fingerprint density at radius 3 is 2.59 bits per heavy atom. The summed E-state index contributed by atoms with van der Waals surface area (Å²) in [5.74, 6) is -0.557. The fraction of sp³-hybridized carbons (Fsp3) is 0.312. The molecular weight excluding hydrogens is 284 g/mol. The molecule has 0 atom stereocenters. The second kappa shape index (κ2) is 6.01. The lowest BCUT2D eigenvalue weighted by Gasteiger charge is -2.20. The number of nitrogens with one attached hydrogen (secondary N) is 1. The summed E-state index contributed by atoms with van der Waals surface area (Å²) in [6.45, 7) is 5.29. The van der Waals surface area contributed by atoms with Gasteiger partial charge in [0.25, 0.3) is 0 Å². The van der Waals surface area contributed by atoms with Gasteiger partial charge in [-0.05, 0) is 39.0 Å². The molecule has 0 aliphatic rings. The summed E-state index contributed by atoms with van der Waals surface area (Å²) < 4.78 is 9.95. The van der Waals surface area contributed by atoms with Crippen LogP contribution in [0.5, 0.6) is 0 Å². The highest BCUT2D eigenvalue weighted by molar-refractivity contribution is 6.04. The number of rotatable bonds is 2. The number of aromatic nitrogens is 1. The second-order valence-electron chi connectivity index (χ2n) is 5.71. The van der Waals surface area contributed by atoms with Gasteiger partial charge in [0.1, 0.15) is 5.60 Å². The van der Waals surface area contributed by atoms with Gasteiger partial charge in [-0.25, -0.2) is 9.59 Å². The molecule has 0 aliphatic carbocycles. The molecule has 6 heteroatoms. The van der Waals surface area contributed by atoms with Crippen LogP contribution in [0.3, 0.4) is 0 Å². The summed E-state index contributed by atoms with van der Waals surface area (Å²) in [5, 5.41) is 3.38. The van der Waals surface area contributed by atoms with Gasteiger partial charge < -0.3 is 9.47 Å². The van der Waals surface area contributed by atoms with Crippen molar-refractivity contribution in [2.75, 3.05) is 12.4 Å². The highest BCUT2D eigenvalue weighted by Gasteiger charge is 2.20. The predicted molar refractivity (Wildman–Crippen MR) is 82.9 cm³/mol. The first-order valence-electron chi connectivity index (χ1n) is 6.77. The first-order chi connectivity index (χ1) is 10.3. The van der Waals surface area contributed by atoms with Crippen LogP contribution in [0.2, 0.25) is 0 Å². The zero-order valence-electron chi connectivity index (χ0n) is 13.0. The van der Waals surface area contributed by atoms with Crippen LogP contribution >= 0.6 is 0 Å². The number of carbonyl (C=O) groups is 2. The van der Waals surface area contributed by atoms with Crippen molar-refractivity contribution in [1.29, 1.82) is 0 Å². The summed E-state index contributed by atoms with van der Waals surface area (Å²) in [7, 11) is 1.28. The Balaban J connectivity index is 2.41. The van der Waals surface area contributed by atoms with Crippen molar-refractivity contribution in [3.05, 3.63) is 36.0 Å². The number of esters is 1. The van der Waals surface area contributed by atoms with Gasteiger partial charge in [-0.1, -0.05) is 6.07 Å². The maximum atomic E-state index is 11.9. The maximum absolute atomic E-state index is 11.9. The van der Waals surface area contributed by atoms with Crippen molar-refractivity contribution in [1.82, 2.24) is 4.98 Å². The first-order valence-corrected chi connectivity index (χ1v) is 6.77. The lowest BCUT2D eigenvalue weighted by atomic mass is 10.1. The number of benzene rings is 1. The van der Waals surface area contributed by atoms with Gasteiger partial charge in [0, 0.05) is 11.6 Å². The topological polar surface area (TPSA) is 77.5 Å². The third kappa shape index (κ3) is 3.72. The van der Waals surface area contributed by atoms with E-state index in [0.29, 0.717) is 11.2 Å². The van der Waals surface area contributed by atoms with E-state index >= 15 is 0 Å². The Bertz CT molecular complexity index is 720. The van der Waals surface area contributed by atoms with E-state index < -0.39 is 17.7 Å². The molecule has 0 unspecified atom stereocenters. The molecule has 1 amide bonds. The molecule has 0 saturated heterocycles. The van der Waals surface area contributed by atoms with E-state index in [1.165, 1.54) is 7.11 Å². The van der Waals surface area contributed by atoms with Gasteiger partial charge in [0.05, 0.1) is 23.9 Å². The Morgan fingerprint density at radius 1 is 1.23 bits per heavy atom. The standard InChI is InChI=1S/C16H18N2O4/c1-16(2,3)22-15(20)18-13-8-10-6-5-7-17-12(10)9-11(13)14(19)21-4/h5-9H,1-4H3,(H,18,20). The Labute approximate surface area is 128 Å². The minimum Gasteiger partial charge on any atom is -0.465 e. The van der Waals surface area contributed by atoms with Crippen molar-refractivity contribution in [3.8, 4) is 0 Å². The van der Waals surface area contributed by atoms with Crippen LogP contribution in [0.1, 0.15) is 31.1 Å². The van der Waals surface area contributed by atoms with Crippen LogP contribution in [0.25, 0.3) is 10.9 Å². The number of nitrogens with zero attached hydrogens (tertiary/aromatic N) is 1. The van der Waals surface area contributed by atoms with Gasteiger partial charge in [0.15, 0.2) is 0 Å². The quantitative estimate of drug-likeness (QED) is 0.861. The summed E-state index contributed by atoms with van der Waals surface area (Å²) in [5.41, 5.74) is 0.548. The molecule has 2 rings (SSSR count). The number of ether oxygens (including phenoxy) is 2. The number of pyridine rings is 1. The van der Waals surface area contributed by atoms with Crippen molar-refractivity contribution in [2.45, 2.75) is 26.4 Å². The summed E-state index contributed by atoms with van der Waals surface area (Å²) >= 11 is 0. The van der Waals surface area contributed by atoms with E-state index in [9.17, 15) is 9.59 Å². The molecule has 116 valence electrons. The maximum Gasteiger partial charge on any atom is 0.412 e. The van der Waals surface area contributed by atoms with Gasteiger partial charge in [0.2, 0.25) is 0 Å². The molecule has 1 heterocycles. The zero-order valence-corrected chi connectivity index (χ0v) is 13.0. The molecule has 0 fully saturated rings. The monoisotopic (exact) mass is 302 g/mol. The molecule has 0 bridgehead atoms. The fourth-order valence-corrected chi connectivity index (χ4v) is 1.92. The van der Waals surface area contributed by atoms with Crippen LogP contribution in [-0.2, 0) is 9.47 Å². The smallest absolute Gasteiger partial charge is 0.412 e. The van der Waals surface area contributed by atoms with Crippen LogP contribution in [-0.4, -0.2) is 29.8 Å². The van der Waals surface area contributed by atoms with E-state index in [2.05, 4.69) is 10.3 Å². The van der Waals surface area contributed by atoms with Crippen molar-refractivity contribution in [2.24, 2.45) is 0 Å². The number of carbonyl (C=O) groups excluding carboxylic acids is 2. The van der Waals surface area contributed by atoms with E-state index in [-0.39, 0.29) is 5.56 Å². The normalized spacial score (nSPS) is 11.1. The number of hydrogen-bond donors (Lipinski definition) is 1. The van der Waals surface area contributed by atoms with Crippen LogP contribution in [0, 0.1) is 0 Å². The van der Waals surface area contributed by atoms with E-state index in [1.807, 2.05) is 6.07 Å². The van der Waals surface area contributed by atoms with Gasteiger partial charge in [-0.2, -0.15) is 0 Å². The van der Waals surface area contributed by atoms with Crippen LogP contribution < -0.4 is 5.32 Å². The molecule has 1 aromatic carbocycles. The second-order valence-corrected chi connectivity index (χ2v) is 5.71. The molecule has 0 aliphatic heterocycles. The fourth-order valence-electron chi connectivity index (χ4n) is 1.92. The molecule has 1 N–H and O–H groups in total. The van der Waals surface area contributed by atoms with Gasteiger partial charge >= 0.3 is 12.1 Å². The highest BCUT2D eigenvalue weighted by atomic mass is 16.6. The molecular formula is C16H18N2O4. The third-order valence-corrected chi connectivity index (χ3v) is 2.78. The van der Waals surface area contributed by atoms with Crippen molar-refractivity contribution < 1.29 is 19.1 Å². The summed E-state index contributed by atoms with van der Waals surface area (Å²) in [6, 6.07) is 6.85. The molecule has 1 aromatic heterocycles. The van der Waals surface area contributed by atoms with Gasteiger partial charge in [-0.15, -0.1) is 0 Å². The lowest BCUT2D eigenvalue weighted by Crippen LogP contribution is -2.27. The van der Waals surface area contributed by atoms with E-state index in [4.69, 9.17) is 9.47 Å². The molecule has 0 radical (unpaired) electrons. The minimum atomic E-state index is -0.638. The number of amides is 1. The predicted octanol–water partition coefficient (Wildman–Crippen LogP) is 3.37. The van der Waals surface area contributed by atoms with Crippen LogP contribution in [0.4, 0.5) is 10.5 Å². The number of hydrogen-bond acceptors (Lipinski definition) is 5. The third-order valence-electron chi connectivity index (χ3n) is 2.78. The summed E-state index contributed by atoms with van der Waals surface area (Å²) in [4.78, 5) is 28.0. The average Bonchev–Trinajstić information content (AvgIpc) is 2.43. The largest absolute Gasteiger partial charge is 0.465 e. The number of fused-ring (bicyclic) bond motifs is 1. The Morgan fingerprint density at radius 2 is 1.95 bits per heavy atom. The van der Waals surface area contributed by atoms with Gasteiger partial charge in [-0.3, -0.25) is 10.3 Å². The number of anilines is 1.